The summed E-state index contributed by atoms with van der Waals surface area (Å²) < 4.78 is 12.8. The van der Waals surface area contributed by atoms with Crippen LogP contribution in [0.1, 0.15) is 12.8 Å². The molecule has 9 heteroatoms. The Hall–Kier alpha value is -4.14. The monoisotopic (exact) mass is 472 g/mol. The van der Waals surface area contributed by atoms with Crippen LogP contribution in [-0.2, 0) is 11.8 Å². The molecule has 1 fully saturated rings. The number of rotatable bonds is 8. The molecule has 0 N–H and O–H groups in total. The van der Waals surface area contributed by atoms with Crippen LogP contribution in [0.15, 0.2) is 55.0 Å². The minimum Gasteiger partial charge on any atom is -0.497 e. The fraction of sp³-hybridized carbons (Fsp3) is 0.308. The number of anilines is 2. The van der Waals surface area contributed by atoms with E-state index in [0.29, 0.717) is 31.0 Å². The number of carbonyl (C=O) groups is 1. The molecule has 1 aliphatic rings. The zero-order valence-corrected chi connectivity index (χ0v) is 20.1. The van der Waals surface area contributed by atoms with Gasteiger partial charge < -0.3 is 19.3 Å². The van der Waals surface area contributed by atoms with E-state index < -0.39 is 0 Å². The zero-order chi connectivity index (χ0) is 24.4. The Morgan fingerprint density at radius 2 is 1.80 bits per heavy atom. The Morgan fingerprint density at radius 3 is 2.46 bits per heavy atom. The molecular formula is C26H28N6O3. The van der Waals surface area contributed by atoms with Crippen molar-refractivity contribution in [1.82, 2.24) is 24.6 Å². The van der Waals surface area contributed by atoms with Crippen LogP contribution in [0, 0.1) is 0 Å². The molecule has 1 amide bonds. The average molecular weight is 473 g/mol. The number of ether oxygens (including phenoxy) is 2. The third-order valence-corrected chi connectivity index (χ3v) is 6.25. The first-order valence-electron chi connectivity index (χ1n) is 11.6. The normalized spacial score (nSPS) is 13.5. The van der Waals surface area contributed by atoms with Gasteiger partial charge in [0, 0.05) is 74.4 Å². The number of aryl methyl sites for hydroxylation is 1. The lowest BCUT2D eigenvalue weighted by Gasteiger charge is -2.28. The molecule has 35 heavy (non-hydrogen) atoms. The molecule has 0 bridgehead atoms. The van der Waals surface area contributed by atoms with Gasteiger partial charge >= 0.3 is 0 Å². The van der Waals surface area contributed by atoms with Gasteiger partial charge in [-0.2, -0.15) is 5.10 Å². The second kappa shape index (κ2) is 9.61. The van der Waals surface area contributed by atoms with E-state index in [1.54, 1.807) is 31.3 Å². The Balaban J connectivity index is 1.55. The maximum Gasteiger partial charge on any atom is 0.222 e. The molecule has 5 rings (SSSR count). The van der Waals surface area contributed by atoms with Gasteiger partial charge in [0.15, 0.2) is 0 Å². The lowest BCUT2D eigenvalue weighted by atomic mass is 10.2. The van der Waals surface area contributed by atoms with Crippen LogP contribution in [0.5, 0.6) is 11.5 Å². The minimum absolute atomic E-state index is 0.207. The standard InChI is InChI=1S/C26H28N6O3/c1-30-17-18(15-28-30)25-16-27-23-7-6-19(13-24(23)29-25)32(10-9-31-8-4-5-26(31)33)20-11-21(34-2)14-22(12-20)35-3/h6-7,11-17H,4-5,8-10H2,1-3H3. The van der Waals surface area contributed by atoms with Gasteiger partial charge in [-0.05, 0) is 24.6 Å². The maximum atomic E-state index is 12.3. The van der Waals surface area contributed by atoms with Crippen molar-refractivity contribution in [2.45, 2.75) is 12.8 Å². The average Bonchev–Trinajstić information content (AvgIpc) is 3.51. The SMILES string of the molecule is COc1cc(OC)cc(N(CCN2CCCC2=O)c2ccc3ncc(-c4cnn(C)c4)nc3c2)c1. The predicted molar refractivity (Wildman–Crippen MR) is 134 cm³/mol. The number of fused-ring (bicyclic) bond motifs is 1. The summed E-state index contributed by atoms with van der Waals surface area (Å²) in [5.74, 6) is 1.60. The molecule has 0 aliphatic carbocycles. The Bertz CT molecular complexity index is 1350. The van der Waals surface area contributed by atoms with Gasteiger partial charge in [0.1, 0.15) is 11.5 Å². The molecular weight excluding hydrogens is 444 g/mol. The number of benzene rings is 2. The highest BCUT2D eigenvalue weighted by Gasteiger charge is 2.22. The summed E-state index contributed by atoms with van der Waals surface area (Å²) in [5, 5.41) is 4.24. The van der Waals surface area contributed by atoms with Gasteiger partial charge in [0.05, 0.1) is 43.3 Å². The molecule has 2 aromatic carbocycles. The van der Waals surface area contributed by atoms with Crippen LogP contribution in [-0.4, -0.2) is 64.4 Å². The summed E-state index contributed by atoms with van der Waals surface area (Å²) in [5.41, 5.74) is 5.11. The molecule has 0 radical (unpaired) electrons. The van der Waals surface area contributed by atoms with E-state index in [2.05, 4.69) is 15.0 Å². The molecule has 1 aliphatic heterocycles. The van der Waals surface area contributed by atoms with E-state index in [-0.39, 0.29) is 5.91 Å². The summed E-state index contributed by atoms with van der Waals surface area (Å²) in [6, 6.07) is 11.8. The number of hydrogen-bond donors (Lipinski definition) is 0. The van der Waals surface area contributed by atoms with E-state index >= 15 is 0 Å². The van der Waals surface area contributed by atoms with Gasteiger partial charge in [-0.25, -0.2) is 4.98 Å². The number of aromatic nitrogens is 4. The van der Waals surface area contributed by atoms with Crippen LogP contribution in [0.4, 0.5) is 11.4 Å². The smallest absolute Gasteiger partial charge is 0.222 e. The van der Waals surface area contributed by atoms with E-state index in [9.17, 15) is 4.79 Å². The summed E-state index contributed by atoms with van der Waals surface area (Å²) in [7, 11) is 5.15. The predicted octanol–water partition coefficient (Wildman–Crippen LogP) is 3.81. The number of carbonyl (C=O) groups excluding carboxylic acids is 1. The van der Waals surface area contributed by atoms with Crippen LogP contribution in [0.2, 0.25) is 0 Å². The molecule has 0 spiro atoms. The molecule has 1 saturated heterocycles. The Labute approximate surface area is 203 Å². The first kappa shape index (κ1) is 22.6. The number of likely N-dealkylation sites (tertiary alicyclic amines) is 1. The van der Waals surface area contributed by atoms with Crippen molar-refractivity contribution in [1.29, 1.82) is 0 Å². The number of methoxy groups -OCH3 is 2. The van der Waals surface area contributed by atoms with E-state index in [0.717, 1.165) is 46.6 Å². The van der Waals surface area contributed by atoms with Crippen LogP contribution >= 0.6 is 0 Å². The highest BCUT2D eigenvalue weighted by atomic mass is 16.5. The van der Waals surface area contributed by atoms with E-state index in [1.165, 1.54) is 0 Å². The number of nitrogens with zero attached hydrogens (tertiary/aromatic N) is 6. The fourth-order valence-corrected chi connectivity index (χ4v) is 4.38. The van der Waals surface area contributed by atoms with Crippen LogP contribution in [0.25, 0.3) is 22.3 Å². The highest BCUT2D eigenvalue weighted by molar-refractivity contribution is 5.83. The lowest BCUT2D eigenvalue weighted by Crippen LogP contribution is -2.33. The van der Waals surface area contributed by atoms with Crippen molar-refractivity contribution in [3.05, 3.63) is 55.0 Å². The van der Waals surface area contributed by atoms with Gasteiger partial charge in [-0.15, -0.1) is 0 Å². The molecule has 4 aromatic rings. The summed E-state index contributed by atoms with van der Waals surface area (Å²) in [6.45, 7) is 2.03. The van der Waals surface area contributed by atoms with Crippen molar-refractivity contribution in [3.8, 4) is 22.8 Å². The Kier molecular flexibility index (Phi) is 6.22. The molecule has 0 saturated carbocycles. The first-order chi connectivity index (χ1) is 17.0. The topological polar surface area (TPSA) is 85.6 Å². The number of amides is 1. The molecule has 180 valence electrons. The van der Waals surface area contributed by atoms with Crippen molar-refractivity contribution in [2.75, 3.05) is 38.8 Å². The summed E-state index contributed by atoms with van der Waals surface area (Å²) >= 11 is 0. The molecule has 0 atom stereocenters. The van der Waals surface area contributed by atoms with Crippen LogP contribution in [0.3, 0.4) is 0 Å². The second-order valence-electron chi connectivity index (χ2n) is 8.54. The van der Waals surface area contributed by atoms with Crippen molar-refractivity contribution in [2.24, 2.45) is 7.05 Å². The van der Waals surface area contributed by atoms with Gasteiger partial charge in [-0.3, -0.25) is 14.5 Å². The maximum absolute atomic E-state index is 12.3. The molecule has 9 nitrogen and oxygen atoms in total. The third kappa shape index (κ3) is 4.75. The van der Waals surface area contributed by atoms with E-state index in [1.807, 2.05) is 54.5 Å². The fourth-order valence-electron chi connectivity index (χ4n) is 4.38. The van der Waals surface area contributed by atoms with Crippen molar-refractivity contribution < 1.29 is 14.3 Å². The van der Waals surface area contributed by atoms with Crippen molar-refractivity contribution >= 4 is 28.3 Å². The van der Waals surface area contributed by atoms with Crippen LogP contribution < -0.4 is 14.4 Å². The zero-order valence-electron chi connectivity index (χ0n) is 20.1. The molecule has 0 unspecified atom stereocenters. The van der Waals surface area contributed by atoms with E-state index in [4.69, 9.17) is 14.5 Å². The van der Waals surface area contributed by atoms with Gasteiger partial charge in [-0.1, -0.05) is 0 Å². The number of hydrogen-bond acceptors (Lipinski definition) is 7. The minimum atomic E-state index is 0.207. The third-order valence-electron chi connectivity index (χ3n) is 6.25. The first-order valence-corrected chi connectivity index (χ1v) is 11.6. The lowest BCUT2D eigenvalue weighted by molar-refractivity contribution is -0.127. The highest BCUT2D eigenvalue weighted by Crippen LogP contribution is 2.34. The summed E-state index contributed by atoms with van der Waals surface area (Å²) in [6.07, 6.45) is 7.00. The van der Waals surface area contributed by atoms with Gasteiger partial charge in [0.25, 0.3) is 0 Å². The second-order valence-corrected chi connectivity index (χ2v) is 8.54. The largest absolute Gasteiger partial charge is 0.497 e. The van der Waals surface area contributed by atoms with Crippen molar-refractivity contribution in [3.63, 3.8) is 0 Å². The van der Waals surface area contributed by atoms with Gasteiger partial charge in [0.2, 0.25) is 5.91 Å². The molecule has 3 heterocycles. The molecule has 2 aromatic heterocycles. The Morgan fingerprint density at radius 1 is 1.00 bits per heavy atom. The summed E-state index contributed by atoms with van der Waals surface area (Å²) in [4.78, 5) is 25.8. The quantitative estimate of drug-likeness (QED) is 0.385.